The Morgan fingerprint density at radius 1 is 1.21 bits per heavy atom. The molecule has 4 nitrogen and oxygen atoms in total. The lowest BCUT2D eigenvalue weighted by atomic mass is 10.2. The number of halogens is 1. The van der Waals surface area contributed by atoms with E-state index in [1.165, 1.54) is 29.5 Å². The molecule has 0 unspecified atom stereocenters. The first-order valence-electron chi connectivity index (χ1n) is 7.25. The number of nitrogens with one attached hydrogen (secondary N) is 1. The molecule has 6 heteroatoms. The minimum atomic E-state index is -0.308. The fraction of sp³-hybridized carbons (Fsp3) is 0.0556. The maximum absolute atomic E-state index is 12.8. The number of amides is 1. The van der Waals surface area contributed by atoms with Gasteiger partial charge in [-0.3, -0.25) is 15.1 Å². The zero-order valence-electron chi connectivity index (χ0n) is 12.9. The molecule has 0 spiro atoms. The van der Waals surface area contributed by atoms with Gasteiger partial charge in [-0.1, -0.05) is 29.5 Å². The molecule has 0 atom stereocenters. The summed E-state index contributed by atoms with van der Waals surface area (Å²) in [5, 5.41) is 3.25. The minimum Gasteiger partial charge on any atom is -0.298 e. The number of nitrogens with zero attached hydrogens (tertiary/aromatic N) is 2. The lowest BCUT2D eigenvalue weighted by Gasteiger charge is -1.96. The van der Waals surface area contributed by atoms with Crippen molar-refractivity contribution in [2.45, 2.75) is 6.92 Å². The molecule has 0 aliphatic heterocycles. The fourth-order valence-corrected chi connectivity index (χ4v) is 3.02. The van der Waals surface area contributed by atoms with Crippen LogP contribution in [0.2, 0.25) is 0 Å². The Morgan fingerprint density at radius 3 is 2.71 bits per heavy atom. The second-order valence-electron chi connectivity index (χ2n) is 5.02. The molecule has 0 saturated heterocycles. The number of hydrogen-bond acceptors (Lipinski definition) is 4. The van der Waals surface area contributed by atoms with Crippen LogP contribution >= 0.6 is 11.3 Å². The van der Waals surface area contributed by atoms with Crippen LogP contribution in [0.25, 0.3) is 16.6 Å². The third-order valence-corrected chi connectivity index (χ3v) is 4.32. The Morgan fingerprint density at radius 2 is 2.00 bits per heavy atom. The van der Waals surface area contributed by atoms with Gasteiger partial charge in [-0.25, -0.2) is 9.37 Å². The van der Waals surface area contributed by atoms with E-state index in [0.29, 0.717) is 5.13 Å². The summed E-state index contributed by atoms with van der Waals surface area (Å²) < 4.78 is 12.8. The Balaban J connectivity index is 1.70. The highest BCUT2D eigenvalue weighted by molar-refractivity contribution is 7.19. The average Bonchev–Trinajstić information content (AvgIpc) is 2.95. The number of carbonyl (C=O) groups excluding carboxylic acids is 1. The zero-order chi connectivity index (χ0) is 16.9. The molecule has 1 amide bonds. The number of aryl methyl sites for hydroxylation is 1. The van der Waals surface area contributed by atoms with Gasteiger partial charge in [0.2, 0.25) is 5.91 Å². The molecule has 0 aliphatic rings. The molecule has 0 fully saturated rings. The van der Waals surface area contributed by atoms with Crippen LogP contribution in [0, 0.1) is 12.7 Å². The molecule has 24 heavy (non-hydrogen) atoms. The first-order chi connectivity index (χ1) is 11.6. The summed E-state index contributed by atoms with van der Waals surface area (Å²) in [6.07, 6.45) is 4.73. The number of benzene rings is 1. The van der Waals surface area contributed by atoms with Gasteiger partial charge in [0.25, 0.3) is 0 Å². The second kappa shape index (κ2) is 7.14. The Hall–Kier alpha value is -2.86. The van der Waals surface area contributed by atoms with Gasteiger partial charge in [-0.2, -0.15) is 0 Å². The van der Waals surface area contributed by atoms with E-state index in [0.717, 1.165) is 21.8 Å². The first kappa shape index (κ1) is 16.0. The third kappa shape index (κ3) is 3.91. The number of carbonyl (C=O) groups is 1. The van der Waals surface area contributed by atoms with E-state index in [4.69, 9.17) is 0 Å². The van der Waals surface area contributed by atoms with E-state index in [-0.39, 0.29) is 11.7 Å². The molecule has 2 heterocycles. The van der Waals surface area contributed by atoms with Crippen LogP contribution in [0.5, 0.6) is 0 Å². The van der Waals surface area contributed by atoms with Gasteiger partial charge in [0.15, 0.2) is 5.13 Å². The maximum Gasteiger partial charge on any atom is 0.250 e. The maximum atomic E-state index is 12.8. The van der Waals surface area contributed by atoms with Crippen molar-refractivity contribution >= 4 is 28.5 Å². The van der Waals surface area contributed by atoms with Crippen molar-refractivity contribution in [3.63, 3.8) is 0 Å². The Labute approximate surface area is 142 Å². The van der Waals surface area contributed by atoms with Crippen molar-refractivity contribution in [3.8, 4) is 10.6 Å². The monoisotopic (exact) mass is 339 g/mol. The van der Waals surface area contributed by atoms with Gasteiger partial charge < -0.3 is 0 Å². The van der Waals surface area contributed by atoms with Crippen LogP contribution in [0.15, 0.2) is 54.7 Å². The summed E-state index contributed by atoms with van der Waals surface area (Å²) >= 11 is 1.38. The van der Waals surface area contributed by atoms with Gasteiger partial charge in [0.1, 0.15) is 5.82 Å². The molecule has 3 rings (SSSR count). The quantitative estimate of drug-likeness (QED) is 0.721. The predicted octanol–water partition coefficient (Wildman–Crippen LogP) is 4.30. The molecule has 1 N–H and O–H groups in total. The second-order valence-corrected chi connectivity index (χ2v) is 6.02. The SMILES string of the molecule is Cc1nc(NC(=O)/C=C/c2ccc(F)cc2)sc1-c1ccccn1. The van der Waals surface area contributed by atoms with Crippen LogP contribution < -0.4 is 5.32 Å². The summed E-state index contributed by atoms with van der Waals surface area (Å²) in [5.41, 5.74) is 2.39. The van der Waals surface area contributed by atoms with Gasteiger partial charge in [0.05, 0.1) is 16.3 Å². The molecule has 0 bridgehead atoms. The summed E-state index contributed by atoms with van der Waals surface area (Å²) in [4.78, 5) is 21.6. The standard InChI is InChI=1S/C18H14FN3OS/c1-12-17(15-4-2-3-11-20-15)24-18(21-12)22-16(23)10-7-13-5-8-14(19)9-6-13/h2-11H,1H3,(H,21,22,23)/b10-7+. The molecule has 1 aromatic carbocycles. The number of rotatable bonds is 4. The van der Waals surface area contributed by atoms with E-state index >= 15 is 0 Å². The highest BCUT2D eigenvalue weighted by Gasteiger charge is 2.11. The summed E-state index contributed by atoms with van der Waals surface area (Å²) in [6, 6.07) is 11.6. The molecule has 3 aromatic rings. The third-order valence-electron chi connectivity index (χ3n) is 3.22. The van der Waals surface area contributed by atoms with E-state index in [9.17, 15) is 9.18 Å². The molecular formula is C18H14FN3OS. The van der Waals surface area contributed by atoms with Crippen molar-refractivity contribution < 1.29 is 9.18 Å². The van der Waals surface area contributed by atoms with Gasteiger partial charge in [-0.15, -0.1) is 0 Å². The smallest absolute Gasteiger partial charge is 0.250 e. The van der Waals surface area contributed by atoms with E-state index in [1.54, 1.807) is 24.4 Å². The number of aromatic nitrogens is 2. The first-order valence-corrected chi connectivity index (χ1v) is 8.07. The van der Waals surface area contributed by atoms with Gasteiger partial charge >= 0.3 is 0 Å². The van der Waals surface area contributed by atoms with E-state index in [2.05, 4.69) is 15.3 Å². The molecule has 2 aromatic heterocycles. The van der Waals surface area contributed by atoms with E-state index in [1.807, 2.05) is 25.1 Å². The van der Waals surface area contributed by atoms with Crippen molar-refractivity contribution in [1.29, 1.82) is 0 Å². The highest BCUT2D eigenvalue weighted by atomic mass is 32.1. The number of thiazole rings is 1. The van der Waals surface area contributed by atoms with Crippen LogP contribution in [0.4, 0.5) is 9.52 Å². The van der Waals surface area contributed by atoms with Crippen molar-refractivity contribution in [2.24, 2.45) is 0 Å². The Kier molecular flexibility index (Phi) is 4.77. The van der Waals surface area contributed by atoms with E-state index < -0.39 is 0 Å². The average molecular weight is 339 g/mol. The highest BCUT2D eigenvalue weighted by Crippen LogP contribution is 2.31. The number of pyridine rings is 1. The number of anilines is 1. The Bertz CT molecular complexity index is 873. The van der Waals surface area contributed by atoms with Gasteiger partial charge in [0, 0.05) is 12.3 Å². The molecule has 120 valence electrons. The summed E-state index contributed by atoms with van der Waals surface area (Å²) in [7, 11) is 0. The van der Waals surface area contributed by atoms with Crippen LogP contribution in [0.3, 0.4) is 0 Å². The largest absolute Gasteiger partial charge is 0.298 e. The predicted molar refractivity (Wildman–Crippen MR) is 94.1 cm³/mol. The molecule has 0 radical (unpaired) electrons. The van der Waals surface area contributed by atoms with Crippen LogP contribution in [-0.4, -0.2) is 15.9 Å². The van der Waals surface area contributed by atoms with Crippen molar-refractivity contribution in [3.05, 3.63) is 71.8 Å². The lowest BCUT2D eigenvalue weighted by molar-refractivity contribution is -0.111. The topological polar surface area (TPSA) is 54.9 Å². The molecule has 0 saturated carbocycles. The van der Waals surface area contributed by atoms with Crippen molar-refractivity contribution in [1.82, 2.24) is 9.97 Å². The fourth-order valence-electron chi connectivity index (χ4n) is 2.08. The van der Waals surface area contributed by atoms with Crippen LogP contribution in [-0.2, 0) is 4.79 Å². The summed E-state index contributed by atoms with van der Waals surface area (Å²) in [5.74, 6) is -0.599. The molecule has 0 aliphatic carbocycles. The molecular weight excluding hydrogens is 325 g/mol. The lowest BCUT2D eigenvalue weighted by Crippen LogP contribution is -2.07. The van der Waals surface area contributed by atoms with Crippen molar-refractivity contribution in [2.75, 3.05) is 5.32 Å². The zero-order valence-corrected chi connectivity index (χ0v) is 13.7. The number of hydrogen-bond donors (Lipinski definition) is 1. The van der Waals surface area contributed by atoms with Crippen LogP contribution in [0.1, 0.15) is 11.3 Å². The minimum absolute atomic E-state index is 0.291. The summed E-state index contributed by atoms with van der Waals surface area (Å²) in [6.45, 7) is 1.88. The van der Waals surface area contributed by atoms with Gasteiger partial charge in [-0.05, 0) is 42.8 Å². The normalized spacial score (nSPS) is 10.9.